The minimum Gasteiger partial charge on any atom is -0.273 e. The second-order valence-corrected chi connectivity index (χ2v) is 7.66. The summed E-state index contributed by atoms with van der Waals surface area (Å²) in [5.74, 6) is -0.949. The first-order valence-electron chi connectivity index (χ1n) is 7.02. The SMILES string of the molecule is O=C(N/N=C1\SCC(=O)N1c1cccc(C(F)(F)F)c1)c1ccc(Cl)s1. The number of hydrogen-bond acceptors (Lipinski definition) is 5. The molecule has 0 atom stereocenters. The van der Waals surface area contributed by atoms with Gasteiger partial charge in [-0.25, -0.2) is 5.43 Å². The first-order valence-corrected chi connectivity index (χ1v) is 9.20. The van der Waals surface area contributed by atoms with Crippen molar-refractivity contribution in [2.75, 3.05) is 10.7 Å². The molecular weight excluding hydrogens is 411 g/mol. The van der Waals surface area contributed by atoms with Crippen LogP contribution in [0.25, 0.3) is 0 Å². The normalized spacial score (nSPS) is 16.4. The average molecular weight is 420 g/mol. The van der Waals surface area contributed by atoms with Crippen LogP contribution in [0.4, 0.5) is 18.9 Å². The highest BCUT2D eigenvalue weighted by Gasteiger charge is 2.34. The van der Waals surface area contributed by atoms with E-state index in [1.807, 2.05) is 0 Å². The van der Waals surface area contributed by atoms with Gasteiger partial charge in [0.15, 0.2) is 5.17 Å². The molecule has 1 aliphatic heterocycles. The van der Waals surface area contributed by atoms with E-state index in [4.69, 9.17) is 11.6 Å². The van der Waals surface area contributed by atoms with E-state index >= 15 is 0 Å². The summed E-state index contributed by atoms with van der Waals surface area (Å²) in [6, 6.07) is 7.42. The molecule has 3 rings (SSSR count). The highest BCUT2D eigenvalue weighted by molar-refractivity contribution is 8.15. The molecule has 0 radical (unpaired) electrons. The molecule has 0 unspecified atom stereocenters. The Kier molecular flexibility index (Phi) is 5.26. The van der Waals surface area contributed by atoms with E-state index in [1.54, 1.807) is 6.07 Å². The van der Waals surface area contributed by atoms with E-state index in [-0.39, 0.29) is 16.6 Å². The number of carbonyl (C=O) groups excluding carboxylic acids is 2. The lowest BCUT2D eigenvalue weighted by Crippen LogP contribution is -2.31. The minimum atomic E-state index is -4.53. The van der Waals surface area contributed by atoms with Crippen molar-refractivity contribution in [3.05, 3.63) is 51.2 Å². The second kappa shape index (κ2) is 7.29. The highest BCUT2D eigenvalue weighted by Crippen LogP contribution is 2.34. The molecule has 26 heavy (non-hydrogen) atoms. The fraction of sp³-hybridized carbons (Fsp3) is 0.133. The number of thiophene rings is 1. The van der Waals surface area contributed by atoms with Gasteiger partial charge in [-0.2, -0.15) is 13.2 Å². The zero-order valence-corrected chi connectivity index (χ0v) is 15.1. The van der Waals surface area contributed by atoms with Gasteiger partial charge in [0.2, 0.25) is 5.91 Å². The van der Waals surface area contributed by atoms with E-state index in [0.717, 1.165) is 40.1 Å². The molecule has 5 nitrogen and oxygen atoms in total. The van der Waals surface area contributed by atoms with Gasteiger partial charge in [-0.15, -0.1) is 16.4 Å². The molecule has 2 heterocycles. The van der Waals surface area contributed by atoms with Gasteiger partial charge in [0.05, 0.1) is 26.2 Å². The van der Waals surface area contributed by atoms with Crippen molar-refractivity contribution >= 4 is 57.4 Å². The number of halogens is 4. The number of amidine groups is 1. The molecule has 0 bridgehead atoms. The van der Waals surface area contributed by atoms with Crippen molar-refractivity contribution < 1.29 is 22.8 Å². The number of amides is 2. The Labute approximate surface area is 158 Å². The third-order valence-corrected chi connectivity index (χ3v) is 5.40. The summed E-state index contributed by atoms with van der Waals surface area (Å²) in [5, 5.41) is 3.96. The maximum absolute atomic E-state index is 12.9. The maximum Gasteiger partial charge on any atom is 0.416 e. The first-order chi connectivity index (χ1) is 12.3. The van der Waals surface area contributed by atoms with Crippen molar-refractivity contribution in [2.24, 2.45) is 5.10 Å². The fourth-order valence-electron chi connectivity index (χ4n) is 2.11. The van der Waals surface area contributed by atoms with E-state index in [2.05, 4.69) is 10.5 Å². The Bertz CT molecular complexity index is 898. The Hall–Kier alpha value is -2.04. The number of anilines is 1. The van der Waals surface area contributed by atoms with Crippen molar-refractivity contribution in [1.29, 1.82) is 0 Å². The van der Waals surface area contributed by atoms with Crippen LogP contribution in [0.15, 0.2) is 41.5 Å². The zero-order valence-electron chi connectivity index (χ0n) is 12.7. The number of hydrogen-bond donors (Lipinski definition) is 1. The van der Waals surface area contributed by atoms with Crippen LogP contribution in [0.3, 0.4) is 0 Å². The van der Waals surface area contributed by atoms with Gasteiger partial charge in [-0.3, -0.25) is 14.5 Å². The summed E-state index contributed by atoms with van der Waals surface area (Å²) in [5.41, 5.74) is 1.43. The van der Waals surface area contributed by atoms with E-state index < -0.39 is 23.6 Å². The third-order valence-electron chi connectivity index (χ3n) is 3.25. The van der Waals surface area contributed by atoms with Crippen LogP contribution in [0.5, 0.6) is 0 Å². The molecule has 136 valence electrons. The third kappa shape index (κ3) is 4.02. The van der Waals surface area contributed by atoms with Crippen molar-refractivity contribution in [1.82, 2.24) is 5.43 Å². The van der Waals surface area contributed by atoms with E-state index in [9.17, 15) is 22.8 Å². The molecule has 11 heteroatoms. The lowest BCUT2D eigenvalue weighted by Gasteiger charge is -2.17. The largest absolute Gasteiger partial charge is 0.416 e. The lowest BCUT2D eigenvalue weighted by atomic mass is 10.2. The Balaban J connectivity index is 1.84. The Morgan fingerprint density at radius 1 is 1.27 bits per heavy atom. The summed E-state index contributed by atoms with van der Waals surface area (Å²) < 4.78 is 39.1. The van der Waals surface area contributed by atoms with Crippen LogP contribution in [0.1, 0.15) is 15.2 Å². The molecule has 0 saturated carbocycles. The summed E-state index contributed by atoms with van der Waals surface area (Å²) in [6.45, 7) is 0. The van der Waals surface area contributed by atoms with Crippen LogP contribution in [0.2, 0.25) is 4.34 Å². The van der Waals surface area contributed by atoms with Gasteiger partial charge >= 0.3 is 6.18 Å². The molecular formula is C15H9ClF3N3O2S2. The first kappa shape index (κ1) is 18.7. The van der Waals surface area contributed by atoms with Crippen LogP contribution < -0.4 is 10.3 Å². The number of rotatable bonds is 3. The van der Waals surface area contributed by atoms with Crippen LogP contribution in [0, 0.1) is 0 Å². The van der Waals surface area contributed by atoms with Crippen LogP contribution in [-0.2, 0) is 11.0 Å². The maximum atomic E-state index is 12.9. The van der Waals surface area contributed by atoms with Gasteiger partial charge in [-0.1, -0.05) is 29.4 Å². The quantitative estimate of drug-likeness (QED) is 0.758. The summed E-state index contributed by atoms with van der Waals surface area (Å²) in [7, 11) is 0. The molecule has 1 fully saturated rings. The molecule has 2 amide bonds. The molecule has 1 aromatic heterocycles. The van der Waals surface area contributed by atoms with Gasteiger partial charge < -0.3 is 0 Å². The molecule has 0 spiro atoms. The predicted octanol–water partition coefficient (Wildman–Crippen LogP) is 4.20. The number of benzene rings is 1. The monoisotopic (exact) mass is 419 g/mol. The van der Waals surface area contributed by atoms with Crippen molar-refractivity contribution in [3.63, 3.8) is 0 Å². The Morgan fingerprint density at radius 2 is 2.04 bits per heavy atom. The van der Waals surface area contributed by atoms with Gasteiger partial charge in [0.25, 0.3) is 5.91 Å². The van der Waals surface area contributed by atoms with E-state index in [1.165, 1.54) is 18.2 Å². The summed E-state index contributed by atoms with van der Waals surface area (Å²) in [6.07, 6.45) is -4.53. The van der Waals surface area contributed by atoms with Crippen molar-refractivity contribution in [3.8, 4) is 0 Å². The van der Waals surface area contributed by atoms with Gasteiger partial charge in [-0.05, 0) is 30.3 Å². The standard InChI is InChI=1S/C15H9ClF3N3O2S2/c16-11-5-4-10(26-11)13(24)20-21-14-22(12(23)7-25-14)9-3-1-2-8(6-9)15(17,18)19/h1-6H,7H2,(H,20,24)/b21-14-. The van der Waals surface area contributed by atoms with Gasteiger partial charge in [0.1, 0.15) is 0 Å². The predicted molar refractivity (Wildman–Crippen MR) is 95.6 cm³/mol. The molecule has 2 aromatic rings. The number of alkyl halides is 3. The van der Waals surface area contributed by atoms with Crippen LogP contribution in [-0.4, -0.2) is 22.7 Å². The number of hydrazone groups is 1. The Morgan fingerprint density at radius 3 is 2.69 bits per heavy atom. The summed E-state index contributed by atoms with van der Waals surface area (Å²) in [4.78, 5) is 25.4. The topological polar surface area (TPSA) is 61.8 Å². The van der Waals surface area contributed by atoms with Crippen molar-refractivity contribution in [2.45, 2.75) is 6.18 Å². The number of thioether (sulfide) groups is 1. The number of nitrogens with zero attached hydrogens (tertiary/aromatic N) is 2. The van der Waals surface area contributed by atoms with Crippen LogP contribution >= 0.6 is 34.7 Å². The number of carbonyl (C=O) groups is 2. The van der Waals surface area contributed by atoms with Gasteiger partial charge in [0, 0.05) is 0 Å². The lowest BCUT2D eigenvalue weighted by molar-refractivity contribution is -0.137. The highest BCUT2D eigenvalue weighted by atomic mass is 35.5. The molecule has 0 aliphatic carbocycles. The average Bonchev–Trinajstić information content (AvgIpc) is 3.18. The molecule has 1 saturated heterocycles. The number of nitrogens with one attached hydrogen (secondary N) is 1. The molecule has 1 aromatic carbocycles. The summed E-state index contributed by atoms with van der Waals surface area (Å²) >= 11 is 7.83. The second-order valence-electron chi connectivity index (χ2n) is 5.00. The zero-order chi connectivity index (χ0) is 18.9. The fourth-order valence-corrected chi connectivity index (χ4v) is 3.87. The molecule has 1 aliphatic rings. The van der Waals surface area contributed by atoms with E-state index in [0.29, 0.717) is 9.21 Å². The smallest absolute Gasteiger partial charge is 0.273 e. The molecule has 1 N–H and O–H groups in total. The minimum absolute atomic E-state index is 0.00970.